The first-order chi connectivity index (χ1) is 17.3. The SMILES string of the molecule is O[C@@H]1CC[C@@H](Nc2nc(N3CC(N4CCOCC4)C3)c3cnn(-c4cccc(C(F)(F)F)c4)c3n2)C1. The molecule has 3 fully saturated rings. The molecule has 2 atom stereocenters. The highest BCUT2D eigenvalue weighted by Gasteiger charge is 2.36. The predicted octanol–water partition coefficient (Wildman–Crippen LogP) is 2.68. The second kappa shape index (κ2) is 9.16. The summed E-state index contributed by atoms with van der Waals surface area (Å²) in [5, 5.41) is 18.4. The van der Waals surface area contributed by atoms with E-state index in [9.17, 15) is 18.3 Å². The zero-order valence-corrected chi connectivity index (χ0v) is 19.7. The van der Waals surface area contributed by atoms with Gasteiger partial charge in [-0.15, -0.1) is 0 Å². The van der Waals surface area contributed by atoms with Gasteiger partial charge in [-0.3, -0.25) is 4.90 Å². The Bertz CT molecular complexity index is 1240. The number of hydrogen-bond donors (Lipinski definition) is 2. The van der Waals surface area contributed by atoms with E-state index in [4.69, 9.17) is 9.72 Å². The van der Waals surface area contributed by atoms with Crippen LogP contribution in [0.3, 0.4) is 0 Å². The molecule has 4 heterocycles. The molecule has 9 nitrogen and oxygen atoms in total. The van der Waals surface area contributed by atoms with Crippen molar-refractivity contribution in [1.29, 1.82) is 0 Å². The van der Waals surface area contributed by atoms with Gasteiger partial charge in [0.1, 0.15) is 5.82 Å². The van der Waals surface area contributed by atoms with Gasteiger partial charge in [0, 0.05) is 38.3 Å². The summed E-state index contributed by atoms with van der Waals surface area (Å²) in [6.45, 7) is 4.87. The second-order valence-electron chi connectivity index (χ2n) is 9.73. The van der Waals surface area contributed by atoms with E-state index < -0.39 is 11.7 Å². The van der Waals surface area contributed by atoms with Crippen molar-refractivity contribution in [2.24, 2.45) is 0 Å². The molecule has 1 aliphatic carbocycles. The summed E-state index contributed by atoms with van der Waals surface area (Å²) in [6, 6.07) is 5.51. The van der Waals surface area contributed by atoms with Crippen LogP contribution in [0.4, 0.5) is 24.9 Å². The number of aliphatic hydroxyl groups is 1. The fraction of sp³-hybridized carbons (Fsp3) is 0.542. The van der Waals surface area contributed by atoms with Crippen LogP contribution >= 0.6 is 0 Å². The number of ether oxygens (including phenoxy) is 1. The first kappa shape index (κ1) is 23.4. The zero-order valence-electron chi connectivity index (χ0n) is 19.7. The van der Waals surface area contributed by atoms with Crippen molar-refractivity contribution in [1.82, 2.24) is 24.6 Å². The van der Waals surface area contributed by atoms with Gasteiger partial charge in [-0.1, -0.05) is 6.07 Å². The molecule has 1 saturated carbocycles. The number of nitrogens with zero attached hydrogens (tertiary/aromatic N) is 6. The molecule has 0 spiro atoms. The topological polar surface area (TPSA) is 91.6 Å². The van der Waals surface area contributed by atoms with Gasteiger partial charge < -0.3 is 20.1 Å². The minimum absolute atomic E-state index is 0.0349. The molecule has 2 aliphatic heterocycles. The fourth-order valence-electron chi connectivity index (χ4n) is 5.27. The molecule has 0 bridgehead atoms. The Labute approximate surface area is 205 Å². The number of aliphatic hydroxyl groups excluding tert-OH is 1. The lowest BCUT2D eigenvalue weighted by atomic mass is 10.1. The van der Waals surface area contributed by atoms with Crippen LogP contribution in [0.2, 0.25) is 0 Å². The Balaban J connectivity index is 1.35. The number of anilines is 2. The third-order valence-corrected chi connectivity index (χ3v) is 7.29. The van der Waals surface area contributed by atoms with Gasteiger partial charge in [0.25, 0.3) is 0 Å². The van der Waals surface area contributed by atoms with Crippen LogP contribution in [0.1, 0.15) is 24.8 Å². The summed E-state index contributed by atoms with van der Waals surface area (Å²) < 4.78 is 47.0. The molecule has 1 aromatic carbocycles. The van der Waals surface area contributed by atoms with E-state index in [1.165, 1.54) is 10.7 Å². The number of morpholine rings is 1. The Morgan fingerprint density at radius 2 is 1.89 bits per heavy atom. The Morgan fingerprint density at radius 3 is 2.61 bits per heavy atom. The van der Waals surface area contributed by atoms with Crippen LogP contribution in [0.5, 0.6) is 0 Å². The lowest BCUT2D eigenvalue weighted by Crippen LogP contribution is -2.61. The molecular formula is C24H28F3N7O2. The number of hydrogen-bond acceptors (Lipinski definition) is 8. The van der Waals surface area contributed by atoms with Crippen LogP contribution in [0.25, 0.3) is 16.7 Å². The van der Waals surface area contributed by atoms with Crippen LogP contribution < -0.4 is 10.2 Å². The maximum absolute atomic E-state index is 13.4. The molecule has 0 radical (unpaired) electrons. The number of nitrogens with one attached hydrogen (secondary N) is 1. The monoisotopic (exact) mass is 503 g/mol. The molecule has 3 aliphatic rings. The average molecular weight is 504 g/mol. The highest BCUT2D eigenvalue weighted by molar-refractivity contribution is 5.89. The lowest BCUT2D eigenvalue weighted by Gasteiger charge is -2.47. The number of rotatable bonds is 5. The van der Waals surface area contributed by atoms with E-state index in [0.717, 1.165) is 57.9 Å². The minimum atomic E-state index is -4.46. The molecule has 2 aromatic heterocycles. The Morgan fingerprint density at radius 1 is 1.08 bits per heavy atom. The van der Waals surface area contributed by atoms with E-state index in [-0.39, 0.29) is 17.8 Å². The highest BCUT2D eigenvalue weighted by atomic mass is 19.4. The molecule has 36 heavy (non-hydrogen) atoms. The van der Waals surface area contributed by atoms with E-state index >= 15 is 0 Å². The van der Waals surface area contributed by atoms with Gasteiger partial charge in [-0.05, 0) is 37.5 Å². The van der Waals surface area contributed by atoms with Crippen molar-refractivity contribution in [3.63, 3.8) is 0 Å². The van der Waals surface area contributed by atoms with Crippen LogP contribution in [0, 0.1) is 0 Å². The van der Waals surface area contributed by atoms with E-state index in [1.807, 2.05) is 0 Å². The molecule has 0 unspecified atom stereocenters. The van der Waals surface area contributed by atoms with Crippen molar-refractivity contribution in [3.8, 4) is 5.69 Å². The summed E-state index contributed by atoms with van der Waals surface area (Å²) in [5.41, 5.74) is -0.0241. The number of benzene rings is 1. The molecule has 12 heteroatoms. The second-order valence-corrected chi connectivity index (χ2v) is 9.73. The van der Waals surface area contributed by atoms with Gasteiger partial charge in [0.2, 0.25) is 5.95 Å². The number of halogens is 3. The van der Waals surface area contributed by atoms with Crippen LogP contribution in [-0.4, -0.2) is 87.3 Å². The normalized spacial score (nSPS) is 23.8. The Kier molecular flexibility index (Phi) is 5.97. The van der Waals surface area contributed by atoms with Crippen molar-refractivity contribution >= 4 is 22.8 Å². The van der Waals surface area contributed by atoms with Gasteiger partial charge in [0.05, 0.1) is 42.2 Å². The summed E-state index contributed by atoms with van der Waals surface area (Å²) >= 11 is 0. The summed E-state index contributed by atoms with van der Waals surface area (Å²) in [6.07, 6.45) is -1.08. The van der Waals surface area contributed by atoms with Crippen LogP contribution in [0.15, 0.2) is 30.5 Å². The third kappa shape index (κ3) is 4.48. The number of alkyl halides is 3. The predicted molar refractivity (Wildman–Crippen MR) is 127 cm³/mol. The summed E-state index contributed by atoms with van der Waals surface area (Å²) in [7, 11) is 0. The molecule has 0 amide bonds. The van der Waals surface area contributed by atoms with E-state index in [0.29, 0.717) is 41.7 Å². The first-order valence-electron chi connectivity index (χ1n) is 12.3. The van der Waals surface area contributed by atoms with Gasteiger partial charge >= 0.3 is 6.18 Å². The van der Waals surface area contributed by atoms with Gasteiger partial charge in [-0.25, -0.2) is 4.68 Å². The van der Waals surface area contributed by atoms with E-state index in [2.05, 4.69) is 25.2 Å². The standard InChI is InChI=1S/C24H28F3N7O2/c25-24(26,27)15-2-1-3-17(10-15)34-22-20(12-28-34)21(30-23(31-22)29-16-4-5-19(35)11-16)33-13-18(14-33)32-6-8-36-9-7-32/h1-3,10,12,16,18-19,35H,4-9,11,13-14H2,(H,29,30,31)/t16-,19-/m1/s1. The number of aromatic nitrogens is 4. The highest BCUT2D eigenvalue weighted by Crippen LogP contribution is 2.34. The van der Waals surface area contributed by atoms with Crippen molar-refractivity contribution in [3.05, 3.63) is 36.0 Å². The molecule has 6 rings (SSSR count). The largest absolute Gasteiger partial charge is 0.416 e. The van der Waals surface area contributed by atoms with Crippen molar-refractivity contribution < 1.29 is 23.0 Å². The van der Waals surface area contributed by atoms with Crippen molar-refractivity contribution in [2.45, 2.75) is 43.6 Å². The number of fused-ring (bicyclic) bond motifs is 1. The smallest absolute Gasteiger partial charge is 0.393 e. The minimum Gasteiger partial charge on any atom is -0.393 e. The average Bonchev–Trinajstić information content (AvgIpc) is 3.44. The zero-order chi connectivity index (χ0) is 24.9. The maximum atomic E-state index is 13.4. The van der Waals surface area contributed by atoms with E-state index in [1.54, 1.807) is 12.3 Å². The fourth-order valence-corrected chi connectivity index (χ4v) is 5.27. The quantitative estimate of drug-likeness (QED) is 0.549. The van der Waals surface area contributed by atoms with Crippen molar-refractivity contribution in [2.75, 3.05) is 49.6 Å². The molecular weight excluding hydrogens is 475 g/mol. The van der Waals surface area contributed by atoms with Gasteiger partial charge in [0.15, 0.2) is 5.65 Å². The third-order valence-electron chi connectivity index (χ3n) is 7.29. The molecule has 2 N–H and O–H groups in total. The molecule has 2 saturated heterocycles. The molecule has 192 valence electrons. The maximum Gasteiger partial charge on any atom is 0.416 e. The first-order valence-corrected chi connectivity index (χ1v) is 12.3. The Hall–Kier alpha value is -2.96. The summed E-state index contributed by atoms with van der Waals surface area (Å²) in [5.74, 6) is 1.10. The summed E-state index contributed by atoms with van der Waals surface area (Å²) in [4.78, 5) is 14.0. The lowest BCUT2D eigenvalue weighted by molar-refractivity contribution is -0.137. The van der Waals surface area contributed by atoms with Crippen LogP contribution in [-0.2, 0) is 10.9 Å². The molecule has 3 aromatic rings. The van der Waals surface area contributed by atoms with Gasteiger partial charge in [-0.2, -0.15) is 28.2 Å².